The molecule has 0 aliphatic carbocycles. The smallest absolute Gasteiger partial charge is 0.143 e. The third-order valence-corrected chi connectivity index (χ3v) is 1.35. The minimum atomic E-state index is -0.385. The van der Waals surface area contributed by atoms with E-state index in [1.807, 2.05) is 0 Å². The average molecular weight is 142 g/mol. The van der Waals surface area contributed by atoms with Crippen molar-refractivity contribution in [3.05, 3.63) is 23.7 Å². The van der Waals surface area contributed by atoms with Crippen LogP contribution in [0.1, 0.15) is 6.92 Å². The molecule has 1 unspecified atom stereocenters. The SMILES string of the molecule is CC1=COC(CO)C=C1O. The van der Waals surface area contributed by atoms with E-state index in [2.05, 4.69) is 0 Å². The van der Waals surface area contributed by atoms with E-state index in [0.717, 1.165) is 0 Å². The summed E-state index contributed by atoms with van der Waals surface area (Å²) in [7, 11) is 0. The highest BCUT2D eigenvalue weighted by Gasteiger charge is 2.11. The maximum Gasteiger partial charge on any atom is 0.143 e. The molecule has 0 aromatic rings. The molecular weight excluding hydrogens is 132 g/mol. The molecule has 0 radical (unpaired) electrons. The lowest BCUT2D eigenvalue weighted by Gasteiger charge is -2.15. The maximum absolute atomic E-state index is 9.08. The summed E-state index contributed by atoms with van der Waals surface area (Å²) in [6.45, 7) is 1.63. The molecule has 2 N–H and O–H groups in total. The van der Waals surface area contributed by atoms with Crippen molar-refractivity contribution in [3.63, 3.8) is 0 Å². The van der Waals surface area contributed by atoms with Crippen molar-refractivity contribution in [1.29, 1.82) is 0 Å². The van der Waals surface area contributed by atoms with Gasteiger partial charge in [0.2, 0.25) is 0 Å². The molecule has 10 heavy (non-hydrogen) atoms. The number of allylic oxidation sites excluding steroid dienone is 1. The molecule has 0 saturated carbocycles. The second-order valence-corrected chi connectivity index (χ2v) is 2.21. The molecule has 0 aromatic carbocycles. The molecule has 0 spiro atoms. The van der Waals surface area contributed by atoms with E-state index in [1.54, 1.807) is 6.92 Å². The summed E-state index contributed by atoms with van der Waals surface area (Å²) in [6.07, 6.45) is 2.54. The minimum Gasteiger partial charge on any atom is -0.508 e. The molecule has 1 aliphatic rings. The normalized spacial score (nSPS) is 24.8. The van der Waals surface area contributed by atoms with Crippen molar-refractivity contribution in [3.8, 4) is 0 Å². The predicted molar refractivity (Wildman–Crippen MR) is 36.4 cm³/mol. The Kier molecular flexibility index (Phi) is 1.97. The fourth-order valence-corrected chi connectivity index (χ4v) is 0.692. The van der Waals surface area contributed by atoms with Crippen molar-refractivity contribution < 1.29 is 14.9 Å². The number of aliphatic hydroxyl groups excluding tert-OH is 2. The zero-order valence-corrected chi connectivity index (χ0v) is 5.74. The summed E-state index contributed by atoms with van der Waals surface area (Å²) in [6, 6.07) is 0. The van der Waals surface area contributed by atoms with Crippen LogP contribution < -0.4 is 0 Å². The van der Waals surface area contributed by atoms with E-state index >= 15 is 0 Å². The molecule has 1 aliphatic heterocycles. The van der Waals surface area contributed by atoms with Crippen molar-refractivity contribution in [2.75, 3.05) is 6.61 Å². The lowest BCUT2D eigenvalue weighted by molar-refractivity contribution is 0.102. The van der Waals surface area contributed by atoms with Gasteiger partial charge in [-0.25, -0.2) is 0 Å². The summed E-state index contributed by atoms with van der Waals surface area (Å²) >= 11 is 0. The van der Waals surface area contributed by atoms with Crippen LogP contribution in [-0.4, -0.2) is 22.9 Å². The van der Waals surface area contributed by atoms with Crippen LogP contribution in [0.15, 0.2) is 23.7 Å². The van der Waals surface area contributed by atoms with Crippen LogP contribution in [-0.2, 0) is 4.74 Å². The Labute approximate surface area is 59.2 Å². The van der Waals surface area contributed by atoms with E-state index in [4.69, 9.17) is 14.9 Å². The van der Waals surface area contributed by atoms with Crippen LogP contribution in [0.4, 0.5) is 0 Å². The molecule has 56 valence electrons. The Morgan fingerprint density at radius 1 is 1.70 bits per heavy atom. The van der Waals surface area contributed by atoms with E-state index in [9.17, 15) is 0 Å². The van der Waals surface area contributed by atoms with Gasteiger partial charge in [0, 0.05) is 11.6 Å². The van der Waals surface area contributed by atoms with Gasteiger partial charge in [0.1, 0.15) is 11.9 Å². The van der Waals surface area contributed by atoms with Crippen molar-refractivity contribution in [2.24, 2.45) is 0 Å². The predicted octanol–water partition coefficient (Wildman–Crippen LogP) is 0.723. The molecule has 0 fully saturated rings. The molecular formula is C7H10O3. The minimum absolute atomic E-state index is 0.103. The van der Waals surface area contributed by atoms with Crippen molar-refractivity contribution in [1.82, 2.24) is 0 Å². The van der Waals surface area contributed by atoms with Gasteiger partial charge in [-0.1, -0.05) is 0 Å². The molecule has 3 nitrogen and oxygen atoms in total. The second-order valence-electron chi connectivity index (χ2n) is 2.21. The quantitative estimate of drug-likeness (QED) is 0.567. The lowest BCUT2D eigenvalue weighted by atomic mass is 10.2. The largest absolute Gasteiger partial charge is 0.508 e. The third kappa shape index (κ3) is 1.30. The average Bonchev–Trinajstić information content (AvgIpc) is 1.95. The van der Waals surface area contributed by atoms with Crippen LogP contribution in [0.5, 0.6) is 0 Å². The zero-order valence-electron chi connectivity index (χ0n) is 5.74. The van der Waals surface area contributed by atoms with Crippen molar-refractivity contribution >= 4 is 0 Å². The van der Waals surface area contributed by atoms with Crippen LogP contribution >= 0.6 is 0 Å². The summed E-state index contributed by atoms with van der Waals surface area (Å²) < 4.78 is 4.96. The lowest BCUT2D eigenvalue weighted by Crippen LogP contribution is -2.16. The van der Waals surface area contributed by atoms with Gasteiger partial charge in [-0.15, -0.1) is 0 Å². The second kappa shape index (κ2) is 2.75. The van der Waals surface area contributed by atoms with Gasteiger partial charge in [-0.3, -0.25) is 0 Å². The number of aliphatic hydroxyl groups is 2. The van der Waals surface area contributed by atoms with Gasteiger partial charge in [0.15, 0.2) is 0 Å². The molecule has 0 bridgehead atoms. The Morgan fingerprint density at radius 2 is 2.40 bits per heavy atom. The number of rotatable bonds is 1. The van der Waals surface area contributed by atoms with E-state index in [0.29, 0.717) is 5.57 Å². The number of ether oxygens (including phenoxy) is 1. The first-order valence-electron chi connectivity index (χ1n) is 3.08. The molecule has 0 saturated heterocycles. The molecule has 1 rings (SSSR count). The Bertz CT molecular complexity index is 181. The molecule has 1 atom stereocenters. The van der Waals surface area contributed by atoms with E-state index < -0.39 is 0 Å². The Balaban J connectivity index is 2.66. The standard InChI is InChI=1S/C7H10O3/c1-5-4-10-6(3-8)2-7(5)9/h2,4,6,8-9H,3H2,1H3. The molecule has 1 heterocycles. The van der Waals surface area contributed by atoms with Crippen LogP contribution in [0.25, 0.3) is 0 Å². The third-order valence-electron chi connectivity index (χ3n) is 1.35. The fourth-order valence-electron chi connectivity index (χ4n) is 0.692. The van der Waals surface area contributed by atoms with Gasteiger partial charge in [-0.2, -0.15) is 0 Å². The highest BCUT2D eigenvalue weighted by Crippen LogP contribution is 2.14. The molecule has 0 aromatic heterocycles. The van der Waals surface area contributed by atoms with Gasteiger partial charge in [0.05, 0.1) is 12.9 Å². The summed E-state index contributed by atoms with van der Waals surface area (Å²) in [5.41, 5.74) is 0.685. The fraction of sp³-hybridized carbons (Fsp3) is 0.429. The first-order valence-corrected chi connectivity index (χ1v) is 3.08. The summed E-state index contributed by atoms with van der Waals surface area (Å²) in [5, 5.41) is 17.7. The highest BCUT2D eigenvalue weighted by molar-refractivity contribution is 5.24. The number of hydrogen-bond donors (Lipinski definition) is 2. The zero-order chi connectivity index (χ0) is 7.56. The van der Waals surface area contributed by atoms with Gasteiger partial charge < -0.3 is 14.9 Å². The topological polar surface area (TPSA) is 49.7 Å². The first kappa shape index (κ1) is 7.15. The Hall–Kier alpha value is -0.960. The number of hydrogen-bond acceptors (Lipinski definition) is 3. The van der Waals surface area contributed by atoms with Gasteiger partial charge in [-0.05, 0) is 6.92 Å². The molecule has 3 heteroatoms. The van der Waals surface area contributed by atoms with Crippen LogP contribution in [0.2, 0.25) is 0 Å². The van der Waals surface area contributed by atoms with Crippen LogP contribution in [0, 0.1) is 0 Å². The molecule has 0 amide bonds. The van der Waals surface area contributed by atoms with Crippen LogP contribution in [0.3, 0.4) is 0 Å². The highest BCUT2D eigenvalue weighted by atomic mass is 16.5. The first-order chi connectivity index (χ1) is 4.74. The van der Waals surface area contributed by atoms with E-state index in [1.165, 1.54) is 12.3 Å². The monoisotopic (exact) mass is 142 g/mol. The van der Waals surface area contributed by atoms with Crippen molar-refractivity contribution in [2.45, 2.75) is 13.0 Å². The van der Waals surface area contributed by atoms with Gasteiger partial charge >= 0.3 is 0 Å². The Morgan fingerprint density at radius 3 is 2.90 bits per heavy atom. The van der Waals surface area contributed by atoms with E-state index in [-0.39, 0.29) is 18.5 Å². The summed E-state index contributed by atoms with van der Waals surface area (Å²) in [5.74, 6) is 0.185. The summed E-state index contributed by atoms with van der Waals surface area (Å²) in [4.78, 5) is 0. The maximum atomic E-state index is 9.08. The van der Waals surface area contributed by atoms with Gasteiger partial charge in [0.25, 0.3) is 0 Å².